The molecule has 4 rings (SSSR count). The van der Waals surface area contributed by atoms with Crippen molar-refractivity contribution in [1.82, 2.24) is 4.90 Å². The number of benzene rings is 1. The van der Waals surface area contributed by atoms with Crippen LogP contribution < -0.4 is 9.47 Å². The number of allylic oxidation sites excluding steroid dienone is 1. The van der Waals surface area contributed by atoms with Crippen LogP contribution in [0.2, 0.25) is 0 Å². The Morgan fingerprint density at radius 1 is 1.29 bits per heavy atom. The highest BCUT2D eigenvalue weighted by Crippen LogP contribution is 2.60. The monoisotopic (exact) mass is 391 g/mol. The van der Waals surface area contributed by atoms with Crippen molar-refractivity contribution in [3.05, 3.63) is 29.3 Å². The molecule has 4 nitrogen and oxygen atoms in total. The highest BCUT2D eigenvalue weighted by molar-refractivity contribution is 9.10. The molecule has 128 valence electrons. The number of hydrogen-bond acceptors (Lipinski definition) is 4. The molecule has 24 heavy (non-hydrogen) atoms. The lowest BCUT2D eigenvalue weighted by molar-refractivity contribution is -0.114. The summed E-state index contributed by atoms with van der Waals surface area (Å²) < 4.78 is 11.2. The predicted octanol–water partition coefficient (Wildman–Crippen LogP) is 3.07. The van der Waals surface area contributed by atoms with Crippen LogP contribution in [0.3, 0.4) is 0 Å². The fourth-order valence-corrected chi connectivity index (χ4v) is 5.60. The highest BCUT2D eigenvalue weighted by atomic mass is 79.9. The molecule has 0 aromatic heterocycles. The van der Waals surface area contributed by atoms with Crippen LogP contribution >= 0.6 is 15.9 Å². The molecule has 1 aliphatic heterocycles. The van der Waals surface area contributed by atoms with Crippen molar-refractivity contribution in [1.29, 1.82) is 0 Å². The molecule has 5 heteroatoms. The smallest absolute Gasteiger partial charge is 0.169 e. The highest BCUT2D eigenvalue weighted by Gasteiger charge is 2.55. The summed E-state index contributed by atoms with van der Waals surface area (Å²) in [6.45, 7) is 1.06. The normalized spacial score (nSPS) is 31.8. The fraction of sp³-hybridized carbons (Fsp3) is 0.526. The zero-order valence-corrected chi connectivity index (χ0v) is 15.9. The van der Waals surface area contributed by atoms with Gasteiger partial charge < -0.3 is 14.4 Å². The lowest BCUT2D eigenvalue weighted by Gasteiger charge is -2.47. The van der Waals surface area contributed by atoms with Gasteiger partial charge in [0.15, 0.2) is 17.3 Å². The van der Waals surface area contributed by atoms with Crippen molar-refractivity contribution in [3.8, 4) is 11.5 Å². The summed E-state index contributed by atoms with van der Waals surface area (Å²) >= 11 is 3.60. The number of rotatable bonds is 2. The molecule has 1 fully saturated rings. The topological polar surface area (TPSA) is 38.8 Å². The van der Waals surface area contributed by atoms with Gasteiger partial charge in [-0.2, -0.15) is 0 Å². The number of likely N-dealkylation sites (N-methyl/N-ethyl adjacent to an activating group) is 1. The Balaban J connectivity index is 2.00. The number of methoxy groups -OCH3 is 2. The van der Waals surface area contributed by atoms with Gasteiger partial charge in [-0.3, -0.25) is 4.79 Å². The predicted molar refractivity (Wildman–Crippen MR) is 97.0 cm³/mol. The summed E-state index contributed by atoms with van der Waals surface area (Å²) in [4.78, 5) is 14.8. The van der Waals surface area contributed by atoms with Crippen LogP contribution in [0.15, 0.2) is 18.2 Å². The Hall–Kier alpha value is -1.33. The Morgan fingerprint density at radius 3 is 2.79 bits per heavy atom. The largest absolute Gasteiger partial charge is 0.493 e. The van der Waals surface area contributed by atoms with Gasteiger partial charge in [0.1, 0.15) is 0 Å². The van der Waals surface area contributed by atoms with Gasteiger partial charge in [-0.15, -0.1) is 0 Å². The summed E-state index contributed by atoms with van der Waals surface area (Å²) in [7, 11) is 5.53. The average Bonchev–Trinajstić information content (AvgIpc) is 2.89. The second kappa shape index (κ2) is 5.60. The van der Waals surface area contributed by atoms with E-state index >= 15 is 0 Å². The van der Waals surface area contributed by atoms with Crippen LogP contribution in [0.1, 0.15) is 24.0 Å². The van der Waals surface area contributed by atoms with Crippen molar-refractivity contribution in [2.75, 3.05) is 27.8 Å². The number of ketones is 1. The zero-order chi connectivity index (χ0) is 17.1. The summed E-state index contributed by atoms with van der Waals surface area (Å²) in [6, 6.07) is 4.53. The van der Waals surface area contributed by atoms with Gasteiger partial charge in [0.25, 0.3) is 0 Å². The molecule has 1 saturated heterocycles. The second-order valence-corrected chi connectivity index (χ2v) is 8.18. The number of likely N-dealkylation sites (tertiary alicyclic amines) is 1. The van der Waals surface area contributed by atoms with Gasteiger partial charge in [-0.05, 0) is 56.1 Å². The molecule has 3 atom stereocenters. The molecule has 0 bridgehead atoms. The first kappa shape index (κ1) is 16.2. The molecule has 1 heterocycles. The molecule has 0 unspecified atom stereocenters. The van der Waals surface area contributed by atoms with Crippen molar-refractivity contribution >= 4 is 27.3 Å². The Morgan fingerprint density at radius 2 is 2.08 bits per heavy atom. The van der Waals surface area contributed by atoms with Gasteiger partial charge in [0.05, 0.1) is 19.0 Å². The molecule has 0 radical (unpaired) electrons. The lowest BCUT2D eigenvalue weighted by atomic mass is 9.60. The number of carbonyl (C=O) groups excluding carboxylic acids is 1. The van der Waals surface area contributed by atoms with Gasteiger partial charge >= 0.3 is 0 Å². The molecule has 0 saturated carbocycles. The van der Waals surface area contributed by atoms with E-state index in [1.165, 1.54) is 5.56 Å². The third-order valence-electron chi connectivity index (χ3n) is 6.07. The second-order valence-electron chi connectivity index (χ2n) is 7.07. The van der Waals surface area contributed by atoms with E-state index in [-0.39, 0.29) is 16.0 Å². The van der Waals surface area contributed by atoms with Crippen LogP contribution in [0.4, 0.5) is 0 Å². The van der Waals surface area contributed by atoms with E-state index < -0.39 is 0 Å². The van der Waals surface area contributed by atoms with Gasteiger partial charge in [-0.1, -0.05) is 22.0 Å². The molecule has 3 aliphatic rings. The van der Waals surface area contributed by atoms with Crippen LogP contribution in [0.5, 0.6) is 11.5 Å². The first-order valence-corrected chi connectivity index (χ1v) is 9.28. The summed E-state index contributed by atoms with van der Waals surface area (Å²) in [6.07, 6.45) is 4.77. The van der Waals surface area contributed by atoms with E-state index in [4.69, 9.17) is 9.47 Å². The third-order valence-corrected chi connectivity index (χ3v) is 6.85. The minimum atomic E-state index is -0.0894. The molecule has 1 aromatic rings. The molecule has 1 spiro atoms. The maximum absolute atomic E-state index is 12.5. The summed E-state index contributed by atoms with van der Waals surface area (Å²) in [5.41, 5.74) is 3.49. The first-order valence-electron chi connectivity index (χ1n) is 8.36. The van der Waals surface area contributed by atoms with Crippen molar-refractivity contribution in [2.24, 2.45) is 5.41 Å². The molecular weight excluding hydrogens is 370 g/mol. The quantitative estimate of drug-likeness (QED) is 0.726. The number of nitrogens with zero attached hydrogens (tertiary/aromatic N) is 1. The van der Waals surface area contributed by atoms with Crippen LogP contribution in [-0.2, 0) is 11.2 Å². The molecule has 1 aromatic carbocycles. The van der Waals surface area contributed by atoms with Gasteiger partial charge in [-0.25, -0.2) is 0 Å². The number of carbonyl (C=O) groups is 1. The van der Waals surface area contributed by atoms with Crippen LogP contribution in [0, 0.1) is 5.41 Å². The molecule has 0 N–H and O–H groups in total. The van der Waals surface area contributed by atoms with Crippen molar-refractivity contribution in [2.45, 2.75) is 30.1 Å². The minimum Gasteiger partial charge on any atom is -0.493 e. The van der Waals surface area contributed by atoms with E-state index in [0.29, 0.717) is 6.04 Å². The minimum absolute atomic E-state index is 0.0173. The van der Waals surface area contributed by atoms with Gasteiger partial charge in [0, 0.05) is 17.0 Å². The number of halogens is 1. The van der Waals surface area contributed by atoms with Crippen molar-refractivity contribution in [3.63, 3.8) is 0 Å². The molecule has 2 aliphatic carbocycles. The Labute approximate surface area is 150 Å². The summed E-state index contributed by atoms with van der Waals surface area (Å²) in [5, 5.41) is 0. The van der Waals surface area contributed by atoms with E-state index in [1.807, 2.05) is 12.1 Å². The van der Waals surface area contributed by atoms with Crippen LogP contribution in [0.25, 0.3) is 5.57 Å². The fourth-order valence-electron chi connectivity index (χ4n) is 4.89. The number of ether oxygens (including phenoxy) is 2. The first-order chi connectivity index (χ1) is 11.5. The Bertz CT molecular complexity index is 744. The van der Waals surface area contributed by atoms with Crippen molar-refractivity contribution < 1.29 is 14.3 Å². The van der Waals surface area contributed by atoms with E-state index in [1.54, 1.807) is 14.2 Å². The number of fused-ring (bicyclic) bond motifs is 2. The average molecular weight is 392 g/mol. The van der Waals surface area contributed by atoms with Gasteiger partial charge in [0.2, 0.25) is 0 Å². The number of alkyl halides is 1. The summed E-state index contributed by atoms with van der Waals surface area (Å²) in [5.74, 6) is 1.64. The maximum Gasteiger partial charge on any atom is 0.169 e. The van der Waals surface area contributed by atoms with E-state index in [9.17, 15) is 4.79 Å². The third kappa shape index (κ3) is 2.04. The maximum atomic E-state index is 12.5. The SMILES string of the molecule is COc1ccc2c(c1OC)C1=CC(=O)[C@H](Br)C[C@]13CCN(C)[C@@H]3C2. The molecule has 0 amide bonds. The van der Waals surface area contributed by atoms with E-state index in [0.717, 1.165) is 48.4 Å². The van der Waals surface area contributed by atoms with E-state index in [2.05, 4.69) is 33.9 Å². The number of hydrogen-bond donors (Lipinski definition) is 0. The van der Waals surface area contributed by atoms with Crippen LogP contribution in [-0.4, -0.2) is 49.4 Å². The zero-order valence-electron chi connectivity index (χ0n) is 14.3. The lowest BCUT2D eigenvalue weighted by Crippen LogP contribution is -2.47. The molecular formula is C19H22BrNO3. The standard InChI is InChI=1S/C19H22BrNO3/c1-21-7-6-19-10-13(20)14(22)9-12(19)17-11(8-16(19)21)4-5-15(23-2)18(17)24-3/h4-5,9,13,16H,6-8,10H2,1-3H3/t13-,16-,19-/m1/s1. The Kier molecular flexibility index (Phi) is 3.77.